The van der Waals surface area contributed by atoms with Crippen molar-refractivity contribution in [1.82, 2.24) is 9.78 Å². The number of hydrogen-bond donors (Lipinski definition) is 2. The van der Waals surface area contributed by atoms with E-state index >= 15 is 0 Å². The first kappa shape index (κ1) is 15.6. The first-order valence-corrected chi connectivity index (χ1v) is 7.76. The predicted molar refractivity (Wildman–Crippen MR) is 90.5 cm³/mol. The minimum Gasteiger partial charge on any atom is -0.467 e. The lowest BCUT2D eigenvalue weighted by Gasteiger charge is -2.07. The van der Waals surface area contributed by atoms with Gasteiger partial charge in [0.25, 0.3) is 0 Å². The highest BCUT2D eigenvalue weighted by Crippen LogP contribution is 2.25. The van der Waals surface area contributed by atoms with Gasteiger partial charge >= 0.3 is 0 Å². The Labute approximate surface area is 139 Å². The third kappa shape index (κ3) is 3.57. The highest BCUT2D eigenvalue weighted by Gasteiger charge is 2.11. The van der Waals surface area contributed by atoms with Crippen LogP contribution in [0.3, 0.4) is 0 Å². The second-order valence-corrected chi connectivity index (χ2v) is 5.69. The summed E-state index contributed by atoms with van der Waals surface area (Å²) in [5.41, 5.74) is 2.84. The van der Waals surface area contributed by atoms with Crippen LogP contribution in [0.5, 0.6) is 0 Å². The third-order valence-corrected chi connectivity index (χ3v) is 3.85. The zero-order valence-electron chi connectivity index (χ0n) is 12.8. The molecule has 0 spiro atoms. The Bertz CT molecular complexity index is 795. The van der Waals surface area contributed by atoms with Crippen molar-refractivity contribution in [1.29, 1.82) is 0 Å². The van der Waals surface area contributed by atoms with Crippen molar-refractivity contribution in [2.24, 2.45) is 0 Å². The molecule has 0 atom stereocenters. The van der Waals surface area contributed by atoms with Crippen LogP contribution in [0.4, 0.5) is 5.82 Å². The number of hydrogen-bond acceptors (Lipinski definition) is 4. The van der Waals surface area contributed by atoms with Crippen LogP contribution in [-0.4, -0.2) is 21.5 Å². The lowest BCUT2D eigenvalue weighted by atomic mass is 10.1. The molecule has 6 heteroatoms. The molecule has 0 aliphatic heterocycles. The summed E-state index contributed by atoms with van der Waals surface area (Å²) in [5.74, 6) is 1.70. The highest BCUT2D eigenvalue weighted by molar-refractivity contribution is 6.30. The lowest BCUT2D eigenvalue weighted by Crippen LogP contribution is -2.10. The molecular formula is C17H18ClN3O2. The monoisotopic (exact) mass is 331 g/mol. The van der Waals surface area contributed by atoms with E-state index in [1.54, 1.807) is 10.9 Å². The molecule has 2 aromatic heterocycles. The standard InChI is InChI=1S/C17H18ClN3O2/c1-12-5-8-23-16(12)11-19-17-10-15(20-21(17)6-7-22)13-3-2-4-14(18)9-13/h2-5,8-10,19,22H,6-7,11H2,1H3. The van der Waals surface area contributed by atoms with Crippen LogP contribution < -0.4 is 5.32 Å². The summed E-state index contributed by atoms with van der Waals surface area (Å²) in [4.78, 5) is 0. The van der Waals surface area contributed by atoms with Crippen molar-refractivity contribution in [3.05, 3.63) is 59.0 Å². The third-order valence-electron chi connectivity index (χ3n) is 3.61. The summed E-state index contributed by atoms with van der Waals surface area (Å²) < 4.78 is 7.18. The molecule has 0 amide bonds. The predicted octanol–water partition coefficient (Wildman–Crippen LogP) is 3.71. The summed E-state index contributed by atoms with van der Waals surface area (Å²) in [5, 5.41) is 17.8. The molecule has 2 N–H and O–H groups in total. The SMILES string of the molecule is Cc1ccoc1CNc1cc(-c2cccc(Cl)c2)nn1CCO. The van der Waals surface area contributed by atoms with E-state index in [-0.39, 0.29) is 6.61 Å². The molecule has 0 bridgehead atoms. The van der Waals surface area contributed by atoms with Crippen LogP contribution >= 0.6 is 11.6 Å². The number of aryl methyl sites for hydroxylation is 1. The van der Waals surface area contributed by atoms with Gasteiger partial charge in [-0.05, 0) is 30.7 Å². The average molecular weight is 332 g/mol. The van der Waals surface area contributed by atoms with Crippen molar-refractivity contribution >= 4 is 17.4 Å². The Morgan fingerprint density at radius 2 is 2.17 bits per heavy atom. The molecule has 23 heavy (non-hydrogen) atoms. The van der Waals surface area contributed by atoms with E-state index in [0.717, 1.165) is 28.4 Å². The molecule has 0 fully saturated rings. The molecule has 0 unspecified atom stereocenters. The lowest BCUT2D eigenvalue weighted by molar-refractivity contribution is 0.270. The molecule has 3 rings (SSSR count). The molecule has 3 aromatic rings. The molecule has 0 radical (unpaired) electrons. The summed E-state index contributed by atoms with van der Waals surface area (Å²) >= 11 is 6.05. The van der Waals surface area contributed by atoms with Crippen molar-refractivity contribution in [2.75, 3.05) is 11.9 Å². The van der Waals surface area contributed by atoms with E-state index in [4.69, 9.17) is 16.0 Å². The fourth-order valence-corrected chi connectivity index (χ4v) is 2.56. The quantitative estimate of drug-likeness (QED) is 0.722. The van der Waals surface area contributed by atoms with Crippen molar-refractivity contribution in [2.45, 2.75) is 20.0 Å². The smallest absolute Gasteiger partial charge is 0.125 e. The van der Waals surface area contributed by atoms with Gasteiger partial charge in [-0.3, -0.25) is 0 Å². The maximum Gasteiger partial charge on any atom is 0.125 e. The zero-order valence-corrected chi connectivity index (χ0v) is 13.5. The number of aromatic nitrogens is 2. The van der Waals surface area contributed by atoms with E-state index in [9.17, 15) is 5.11 Å². The number of halogens is 1. The number of anilines is 1. The molecule has 1 aromatic carbocycles. The molecule has 0 saturated carbocycles. The van der Waals surface area contributed by atoms with Gasteiger partial charge in [0, 0.05) is 16.7 Å². The molecule has 0 aliphatic rings. The second kappa shape index (κ2) is 6.89. The van der Waals surface area contributed by atoms with Gasteiger partial charge in [-0.1, -0.05) is 23.7 Å². The Morgan fingerprint density at radius 1 is 1.30 bits per heavy atom. The van der Waals surface area contributed by atoms with Gasteiger partial charge in [0.1, 0.15) is 11.6 Å². The van der Waals surface area contributed by atoms with Crippen molar-refractivity contribution in [3.63, 3.8) is 0 Å². The molecule has 0 aliphatic carbocycles. The van der Waals surface area contributed by atoms with E-state index in [0.29, 0.717) is 18.1 Å². The largest absolute Gasteiger partial charge is 0.467 e. The van der Waals surface area contributed by atoms with Crippen LogP contribution in [-0.2, 0) is 13.1 Å². The number of aliphatic hydroxyl groups is 1. The topological polar surface area (TPSA) is 63.2 Å². The van der Waals surface area contributed by atoms with Crippen LogP contribution in [0.15, 0.2) is 47.1 Å². The minimum absolute atomic E-state index is 0.0190. The summed E-state index contributed by atoms with van der Waals surface area (Å²) in [6.07, 6.45) is 1.68. The number of benzene rings is 1. The fourth-order valence-electron chi connectivity index (χ4n) is 2.37. The fraction of sp³-hybridized carbons (Fsp3) is 0.235. The number of furan rings is 1. The molecule has 5 nitrogen and oxygen atoms in total. The van der Waals surface area contributed by atoms with Gasteiger partial charge in [-0.25, -0.2) is 4.68 Å². The van der Waals surface area contributed by atoms with Crippen LogP contribution in [0.2, 0.25) is 5.02 Å². The number of nitrogens with one attached hydrogen (secondary N) is 1. The molecular weight excluding hydrogens is 314 g/mol. The second-order valence-electron chi connectivity index (χ2n) is 5.25. The summed E-state index contributed by atoms with van der Waals surface area (Å²) in [6, 6.07) is 11.4. The first-order chi connectivity index (χ1) is 11.2. The van der Waals surface area contributed by atoms with Gasteiger partial charge in [0.05, 0.1) is 31.7 Å². The van der Waals surface area contributed by atoms with Crippen molar-refractivity contribution in [3.8, 4) is 11.3 Å². The summed E-state index contributed by atoms with van der Waals surface area (Å²) in [6.45, 7) is 3.00. The van der Waals surface area contributed by atoms with Gasteiger partial charge in [0.2, 0.25) is 0 Å². The normalized spacial score (nSPS) is 10.9. The summed E-state index contributed by atoms with van der Waals surface area (Å²) in [7, 11) is 0. The molecule has 0 saturated heterocycles. The van der Waals surface area contributed by atoms with Crippen LogP contribution in [0.1, 0.15) is 11.3 Å². The van der Waals surface area contributed by atoms with E-state index in [2.05, 4.69) is 10.4 Å². The average Bonchev–Trinajstić information content (AvgIpc) is 3.12. The minimum atomic E-state index is 0.0190. The first-order valence-electron chi connectivity index (χ1n) is 7.39. The Morgan fingerprint density at radius 3 is 2.87 bits per heavy atom. The van der Waals surface area contributed by atoms with Gasteiger partial charge in [-0.15, -0.1) is 0 Å². The van der Waals surface area contributed by atoms with Crippen LogP contribution in [0.25, 0.3) is 11.3 Å². The molecule has 120 valence electrons. The maximum absolute atomic E-state index is 9.24. The Balaban J connectivity index is 1.85. The van der Waals surface area contributed by atoms with Gasteiger partial charge < -0.3 is 14.8 Å². The zero-order chi connectivity index (χ0) is 16.2. The number of rotatable bonds is 6. The van der Waals surface area contributed by atoms with E-state index < -0.39 is 0 Å². The number of nitrogens with zero attached hydrogens (tertiary/aromatic N) is 2. The van der Waals surface area contributed by atoms with Crippen molar-refractivity contribution < 1.29 is 9.52 Å². The highest BCUT2D eigenvalue weighted by atomic mass is 35.5. The van der Waals surface area contributed by atoms with E-state index in [1.165, 1.54) is 0 Å². The number of aliphatic hydroxyl groups excluding tert-OH is 1. The van der Waals surface area contributed by atoms with Gasteiger partial charge in [-0.2, -0.15) is 5.10 Å². The van der Waals surface area contributed by atoms with Gasteiger partial charge in [0.15, 0.2) is 0 Å². The Hall–Kier alpha value is -2.24. The van der Waals surface area contributed by atoms with E-state index in [1.807, 2.05) is 43.3 Å². The molecule has 2 heterocycles. The maximum atomic E-state index is 9.24. The van der Waals surface area contributed by atoms with Crippen LogP contribution in [0, 0.1) is 6.92 Å². The Kier molecular flexibility index (Phi) is 4.69.